The van der Waals surface area contributed by atoms with E-state index in [1.165, 1.54) is 205 Å². The van der Waals surface area contributed by atoms with E-state index >= 15 is 0 Å². The predicted octanol–water partition coefficient (Wildman–Crippen LogP) is 13.9. The zero-order valence-corrected chi connectivity index (χ0v) is 33.5. The van der Waals surface area contributed by atoms with Gasteiger partial charge in [0.2, 0.25) is 5.91 Å². The zero-order valence-electron chi connectivity index (χ0n) is 33.5. The molecule has 49 heavy (non-hydrogen) atoms. The fourth-order valence-electron chi connectivity index (χ4n) is 7.06. The molecule has 0 aliphatic heterocycles. The SMILES string of the molecule is CCCCCCCCCCCCCCCCCCCCC/C=C/C(O)C(CO)NC(=O)CCCCCCCCCCCCCCCCCC. The van der Waals surface area contributed by atoms with Crippen molar-refractivity contribution in [2.75, 3.05) is 6.61 Å². The lowest BCUT2D eigenvalue weighted by Gasteiger charge is -2.20. The fraction of sp³-hybridized carbons (Fsp3) is 0.933. The summed E-state index contributed by atoms with van der Waals surface area (Å²) in [5.74, 6) is -0.0596. The van der Waals surface area contributed by atoms with Gasteiger partial charge in [-0.15, -0.1) is 0 Å². The molecule has 292 valence electrons. The largest absolute Gasteiger partial charge is 0.394 e. The van der Waals surface area contributed by atoms with Crippen LogP contribution in [0.3, 0.4) is 0 Å². The highest BCUT2D eigenvalue weighted by Crippen LogP contribution is 2.16. The molecular weight excluding hydrogens is 602 g/mol. The molecule has 0 saturated carbocycles. The maximum Gasteiger partial charge on any atom is 0.220 e. The Labute approximate surface area is 307 Å². The van der Waals surface area contributed by atoms with Crippen LogP contribution >= 0.6 is 0 Å². The van der Waals surface area contributed by atoms with E-state index in [1.807, 2.05) is 6.08 Å². The molecule has 4 heteroatoms. The molecule has 2 atom stereocenters. The number of unbranched alkanes of at least 4 members (excludes halogenated alkanes) is 34. The van der Waals surface area contributed by atoms with Gasteiger partial charge in [0.15, 0.2) is 0 Å². The van der Waals surface area contributed by atoms with Gasteiger partial charge in [-0.2, -0.15) is 0 Å². The van der Waals surface area contributed by atoms with E-state index < -0.39 is 12.1 Å². The fourth-order valence-corrected chi connectivity index (χ4v) is 7.06. The molecule has 0 radical (unpaired) electrons. The van der Waals surface area contributed by atoms with E-state index in [1.54, 1.807) is 6.08 Å². The van der Waals surface area contributed by atoms with Gasteiger partial charge in [0, 0.05) is 6.42 Å². The van der Waals surface area contributed by atoms with Crippen molar-refractivity contribution >= 4 is 5.91 Å². The maximum atomic E-state index is 12.4. The van der Waals surface area contributed by atoms with Crippen LogP contribution in [0.2, 0.25) is 0 Å². The van der Waals surface area contributed by atoms with Crippen LogP contribution in [0.15, 0.2) is 12.2 Å². The summed E-state index contributed by atoms with van der Waals surface area (Å²) in [7, 11) is 0. The third-order valence-electron chi connectivity index (χ3n) is 10.5. The number of carbonyl (C=O) groups is 1. The van der Waals surface area contributed by atoms with Crippen molar-refractivity contribution in [1.82, 2.24) is 5.32 Å². The minimum Gasteiger partial charge on any atom is -0.394 e. The van der Waals surface area contributed by atoms with E-state index in [0.29, 0.717) is 6.42 Å². The molecule has 4 nitrogen and oxygen atoms in total. The van der Waals surface area contributed by atoms with Crippen molar-refractivity contribution in [3.63, 3.8) is 0 Å². The highest BCUT2D eigenvalue weighted by atomic mass is 16.3. The first-order valence-corrected chi connectivity index (χ1v) is 22.4. The number of nitrogens with one attached hydrogen (secondary N) is 1. The minimum atomic E-state index is -0.833. The molecule has 0 saturated heterocycles. The van der Waals surface area contributed by atoms with E-state index in [0.717, 1.165) is 25.7 Å². The van der Waals surface area contributed by atoms with E-state index in [-0.39, 0.29) is 12.5 Å². The van der Waals surface area contributed by atoms with Crippen molar-refractivity contribution < 1.29 is 15.0 Å². The third kappa shape index (κ3) is 38.2. The van der Waals surface area contributed by atoms with Gasteiger partial charge in [-0.05, 0) is 19.3 Å². The molecule has 0 aromatic rings. The molecule has 0 aromatic carbocycles. The highest BCUT2D eigenvalue weighted by Gasteiger charge is 2.17. The molecule has 3 N–H and O–H groups in total. The van der Waals surface area contributed by atoms with Gasteiger partial charge in [0.25, 0.3) is 0 Å². The van der Waals surface area contributed by atoms with Crippen LogP contribution in [0.4, 0.5) is 0 Å². The van der Waals surface area contributed by atoms with Crippen LogP contribution in [0.5, 0.6) is 0 Å². The van der Waals surface area contributed by atoms with Crippen LogP contribution in [0.1, 0.15) is 251 Å². The summed E-state index contributed by atoms with van der Waals surface area (Å²) in [6.07, 6.45) is 51.8. The molecule has 1 amide bonds. The second-order valence-corrected chi connectivity index (χ2v) is 15.5. The summed E-state index contributed by atoms with van der Waals surface area (Å²) in [5, 5.41) is 23.0. The molecule has 2 unspecified atom stereocenters. The molecule has 0 spiro atoms. The minimum absolute atomic E-state index is 0.0596. The Morgan fingerprint density at radius 1 is 0.469 bits per heavy atom. The average molecular weight is 692 g/mol. The van der Waals surface area contributed by atoms with Crippen molar-refractivity contribution in [1.29, 1.82) is 0 Å². The first-order chi connectivity index (χ1) is 24.2. The van der Waals surface area contributed by atoms with E-state index in [9.17, 15) is 15.0 Å². The van der Waals surface area contributed by atoms with Gasteiger partial charge >= 0.3 is 0 Å². The van der Waals surface area contributed by atoms with Gasteiger partial charge in [0.05, 0.1) is 18.8 Å². The van der Waals surface area contributed by atoms with Gasteiger partial charge in [-0.1, -0.05) is 238 Å². The monoisotopic (exact) mass is 692 g/mol. The Balaban J connectivity index is 3.52. The molecule has 0 fully saturated rings. The second-order valence-electron chi connectivity index (χ2n) is 15.5. The average Bonchev–Trinajstić information content (AvgIpc) is 3.10. The molecule has 0 heterocycles. The molecular formula is C45H89NO3. The summed E-state index contributed by atoms with van der Waals surface area (Å²) in [5.41, 5.74) is 0. The Hall–Kier alpha value is -0.870. The maximum absolute atomic E-state index is 12.4. The van der Waals surface area contributed by atoms with E-state index in [4.69, 9.17) is 0 Å². The first kappa shape index (κ1) is 48.1. The van der Waals surface area contributed by atoms with Crippen molar-refractivity contribution in [3.05, 3.63) is 12.2 Å². The Bertz CT molecular complexity index is 666. The number of amides is 1. The number of hydrogen-bond acceptors (Lipinski definition) is 3. The van der Waals surface area contributed by atoms with Gasteiger partial charge in [0.1, 0.15) is 0 Å². The molecule has 0 aromatic heterocycles. The number of carbonyl (C=O) groups excluding carboxylic acids is 1. The summed E-state index contributed by atoms with van der Waals surface area (Å²) in [6, 6.07) is -0.616. The van der Waals surface area contributed by atoms with Crippen LogP contribution in [-0.2, 0) is 4.79 Å². The van der Waals surface area contributed by atoms with Crippen LogP contribution < -0.4 is 5.32 Å². The van der Waals surface area contributed by atoms with Crippen LogP contribution in [0.25, 0.3) is 0 Å². The number of aliphatic hydroxyl groups excluding tert-OH is 2. The lowest BCUT2D eigenvalue weighted by molar-refractivity contribution is -0.123. The van der Waals surface area contributed by atoms with Crippen LogP contribution in [0, 0.1) is 0 Å². The van der Waals surface area contributed by atoms with Crippen LogP contribution in [-0.4, -0.2) is 34.9 Å². The van der Waals surface area contributed by atoms with Gasteiger partial charge in [-0.25, -0.2) is 0 Å². The zero-order chi connectivity index (χ0) is 35.7. The molecule has 0 aliphatic carbocycles. The van der Waals surface area contributed by atoms with Gasteiger partial charge < -0.3 is 15.5 Å². The number of rotatable bonds is 41. The predicted molar refractivity (Wildman–Crippen MR) is 216 cm³/mol. The van der Waals surface area contributed by atoms with Crippen molar-refractivity contribution in [3.8, 4) is 0 Å². The molecule has 0 aliphatic rings. The summed E-state index contributed by atoms with van der Waals surface area (Å²) >= 11 is 0. The summed E-state index contributed by atoms with van der Waals surface area (Å²) in [6.45, 7) is 4.33. The summed E-state index contributed by atoms with van der Waals surface area (Å²) < 4.78 is 0. The summed E-state index contributed by atoms with van der Waals surface area (Å²) in [4.78, 5) is 12.4. The Kier molecular flexibility index (Phi) is 40.8. The normalized spacial score (nSPS) is 13.0. The van der Waals surface area contributed by atoms with Crippen molar-refractivity contribution in [2.45, 2.75) is 264 Å². The highest BCUT2D eigenvalue weighted by molar-refractivity contribution is 5.76. The molecule has 0 bridgehead atoms. The first-order valence-electron chi connectivity index (χ1n) is 22.4. The Morgan fingerprint density at radius 2 is 0.755 bits per heavy atom. The number of hydrogen-bond donors (Lipinski definition) is 3. The lowest BCUT2D eigenvalue weighted by Crippen LogP contribution is -2.45. The molecule has 0 rings (SSSR count). The second kappa shape index (κ2) is 41.5. The van der Waals surface area contributed by atoms with E-state index in [2.05, 4.69) is 19.2 Å². The van der Waals surface area contributed by atoms with Crippen molar-refractivity contribution in [2.24, 2.45) is 0 Å². The topological polar surface area (TPSA) is 69.6 Å². The third-order valence-corrected chi connectivity index (χ3v) is 10.5. The lowest BCUT2D eigenvalue weighted by atomic mass is 10.0. The quantitative estimate of drug-likeness (QED) is 0.0441. The Morgan fingerprint density at radius 3 is 1.06 bits per heavy atom. The van der Waals surface area contributed by atoms with Gasteiger partial charge in [-0.3, -0.25) is 4.79 Å². The number of allylic oxidation sites excluding steroid dienone is 1. The number of aliphatic hydroxyl groups is 2. The smallest absolute Gasteiger partial charge is 0.220 e. The standard InChI is InChI=1S/C45H89NO3/c1-3-5-7-9-11-13-15-17-19-21-22-23-24-25-26-28-30-32-34-36-38-40-44(48)43(42-47)46-45(49)41-39-37-35-33-31-29-27-20-18-16-14-12-10-8-6-4-2/h38,40,43-44,47-48H,3-37,39,41-42H2,1-2H3,(H,46,49)/b40-38+.